The first-order valence-electron chi connectivity index (χ1n) is 4.96. The normalized spacial score (nSPS) is 10.4. The van der Waals surface area contributed by atoms with E-state index in [0.717, 1.165) is 17.9 Å². The Hall–Kier alpha value is -1.00. The molecule has 2 rings (SSSR count). The zero-order chi connectivity index (χ0) is 11.5. The van der Waals surface area contributed by atoms with Crippen LogP contribution < -0.4 is 10.6 Å². The number of halogens is 1. The van der Waals surface area contributed by atoms with Gasteiger partial charge in [0.2, 0.25) is 0 Å². The van der Waals surface area contributed by atoms with E-state index in [-0.39, 0.29) is 0 Å². The number of anilines is 2. The summed E-state index contributed by atoms with van der Waals surface area (Å²) in [6, 6.07) is 12.1. The van der Waals surface area contributed by atoms with Crippen LogP contribution in [0.1, 0.15) is 4.88 Å². The highest BCUT2D eigenvalue weighted by Gasteiger charge is 2.04. The summed E-state index contributed by atoms with van der Waals surface area (Å²) in [5.74, 6) is 0. The van der Waals surface area contributed by atoms with Gasteiger partial charge in [-0.1, -0.05) is 6.07 Å². The Morgan fingerprint density at radius 3 is 2.75 bits per heavy atom. The van der Waals surface area contributed by atoms with E-state index in [2.05, 4.69) is 46.1 Å². The third-order valence-corrected chi connectivity index (χ3v) is 3.94. The van der Waals surface area contributed by atoms with Crippen LogP contribution in [0.4, 0.5) is 11.4 Å². The smallest absolute Gasteiger partial charge is 0.0702 e. The van der Waals surface area contributed by atoms with Crippen molar-refractivity contribution >= 4 is 38.6 Å². The fourth-order valence-corrected chi connectivity index (χ4v) is 3.06. The minimum Gasteiger partial charge on any atom is -0.399 e. The maximum atomic E-state index is 5.76. The molecule has 0 aliphatic heterocycles. The van der Waals surface area contributed by atoms with E-state index >= 15 is 0 Å². The molecule has 1 aromatic carbocycles. The molecule has 4 heteroatoms. The lowest BCUT2D eigenvalue weighted by Crippen LogP contribution is -2.15. The molecule has 2 aromatic rings. The lowest BCUT2D eigenvalue weighted by Gasteiger charge is -2.18. The van der Waals surface area contributed by atoms with E-state index in [1.165, 1.54) is 8.66 Å². The molecule has 2 N–H and O–H groups in total. The van der Waals surface area contributed by atoms with Gasteiger partial charge in [-0.3, -0.25) is 0 Å². The number of benzene rings is 1. The Bertz CT molecular complexity index is 481. The van der Waals surface area contributed by atoms with Gasteiger partial charge in [-0.15, -0.1) is 11.3 Å². The van der Waals surface area contributed by atoms with Crippen molar-refractivity contribution in [3.05, 3.63) is 45.1 Å². The number of hydrogen-bond donors (Lipinski definition) is 1. The molecular weight excluding hydrogens is 284 g/mol. The van der Waals surface area contributed by atoms with Crippen LogP contribution in [0.2, 0.25) is 0 Å². The summed E-state index contributed by atoms with van der Waals surface area (Å²) in [4.78, 5) is 3.52. The first-order valence-corrected chi connectivity index (χ1v) is 6.57. The SMILES string of the molecule is CN(Cc1ccc(Br)s1)c1cccc(N)c1. The Labute approximate surface area is 108 Å². The lowest BCUT2D eigenvalue weighted by molar-refractivity contribution is 0.941. The van der Waals surface area contributed by atoms with Crippen LogP contribution in [0.25, 0.3) is 0 Å². The quantitative estimate of drug-likeness (QED) is 0.875. The Balaban J connectivity index is 2.11. The average molecular weight is 297 g/mol. The molecule has 0 spiro atoms. The second-order valence-corrected chi connectivity index (χ2v) is 6.20. The molecule has 0 saturated carbocycles. The molecule has 1 heterocycles. The van der Waals surface area contributed by atoms with Crippen molar-refractivity contribution in [2.24, 2.45) is 0 Å². The van der Waals surface area contributed by atoms with E-state index in [9.17, 15) is 0 Å². The fourth-order valence-electron chi connectivity index (χ4n) is 1.52. The van der Waals surface area contributed by atoms with E-state index in [1.54, 1.807) is 11.3 Å². The molecule has 0 bridgehead atoms. The van der Waals surface area contributed by atoms with Crippen LogP contribution in [0.3, 0.4) is 0 Å². The summed E-state index contributed by atoms with van der Waals surface area (Å²) in [5.41, 5.74) is 7.71. The minimum absolute atomic E-state index is 0.803. The van der Waals surface area contributed by atoms with Crippen LogP contribution in [0.5, 0.6) is 0 Å². The van der Waals surface area contributed by atoms with Crippen molar-refractivity contribution in [2.75, 3.05) is 17.7 Å². The number of rotatable bonds is 3. The van der Waals surface area contributed by atoms with E-state index in [0.29, 0.717) is 0 Å². The van der Waals surface area contributed by atoms with Crippen LogP contribution in [0, 0.1) is 0 Å². The molecule has 84 valence electrons. The highest BCUT2D eigenvalue weighted by Crippen LogP contribution is 2.25. The Morgan fingerprint density at radius 2 is 2.12 bits per heavy atom. The summed E-state index contributed by atoms with van der Waals surface area (Å²) in [5, 5.41) is 0. The van der Waals surface area contributed by atoms with Gasteiger partial charge in [-0.2, -0.15) is 0 Å². The topological polar surface area (TPSA) is 29.3 Å². The van der Waals surface area contributed by atoms with Crippen LogP contribution in [-0.2, 0) is 6.54 Å². The third kappa shape index (κ3) is 2.77. The fraction of sp³-hybridized carbons (Fsp3) is 0.167. The number of nitrogen functional groups attached to an aromatic ring is 1. The van der Waals surface area contributed by atoms with Gasteiger partial charge in [0.05, 0.1) is 10.3 Å². The maximum absolute atomic E-state index is 5.76. The Kier molecular flexibility index (Phi) is 3.51. The second kappa shape index (κ2) is 4.89. The van der Waals surface area contributed by atoms with Gasteiger partial charge < -0.3 is 10.6 Å². The molecule has 0 aliphatic carbocycles. The summed E-state index contributed by atoms with van der Waals surface area (Å²) in [6.45, 7) is 0.902. The molecule has 16 heavy (non-hydrogen) atoms. The first kappa shape index (κ1) is 11.5. The van der Waals surface area contributed by atoms with Gasteiger partial charge in [0, 0.05) is 23.3 Å². The highest BCUT2D eigenvalue weighted by molar-refractivity contribution is 9.11. The average Bonchev–Trinajstić information content (AvgIpc) is 2.64. The molecule has 0 unspecified atom stereocenters. The molecule has 2 nitrogen and oxygen atoms in total. The summed E-state index contributed by atoms with van der Waals surface area (Å²) >= 11 is 5.23. The van der Waals surface area contributed by atoms with Crippen molar-refractivity contribution in [2.45, 2.75) is 6.54 Å². The van der Waals surface area contributed by atoms with Gasteiger partial charge in [-0.25, -0.2) is 0 Å². The maximum Gasteiger partial charge on any atom is 0.0702 e. The molecule has 0 amide bonds. The van der Waals surface area contributed by atoms with Gasteiger partial charge in [0.1, 0.15) is 0 Å². The molecule has 1 aromatic heterocycles. The standard InChI is InChI=1S/C12H13BrN2S/c1-15(8-11-5-6-12(13)16-11)10-4-2-3-9(14)7-10/h2-7H,8,14H2,1H3. The minimum atomic E-state index is 0.803. The zero-order valence-electron chi connectivity index (χ0n) is 8.98. The van der Waals surface area contributed by atoms with Crippen molar-refractivity contribution in [3.63, 3.8) is 0 Å². The van der Waals surface area contributed by atoms with Crippen molar-refractivity contribution < 1.29 is 0 Å². The lowest BCUT2D eigenvalue weighted by atomic mass is 10.2. The number of nitrogens with two attached hydrogens (primary N) is 1. The summed E-state index contributed by atoms with van der Waals surface area (Å²) < 4.78 is 1.17. The van der Waals surface area contributed by atoms with Crippen LogP contribution in [-0.4, -0.2) is 7.05 Å². The van der Waals surface area contributed by atoms with Gasteiger partial charge in [0.15, 0.2) is 0 Å². The van der Waals surface area contributed by atoms with Crippen LogP contribution >= 0.6 is 27.3 Å². The molecule has 0 fully saturated rings. The van der Waals surface area contributed by atoms with E-state index in [4.69, 9.17) is 5.73 Å². The molecule has 0 aliphatic rings. The van der Waals surface area contributed by atoms with Crippen molar-refractivity contribution in [1.82, 2.24) is 0 Å². The number of hydrogen-bond acceptors (Lipinski definition) is 3. The van der Waals surface area contributed by atoms with Crippen LogP contribution in [0.15, 0.2) is 40.2 Å². The van der Waals surface area contributed by atoms with Crippen molar-refractivity contribution in [1.29, 1.82) is 0 Å². The van der Waals surface area contributed by atoms with Gasteiger partial charge in [0.25, 0.3) is 0 Å². The van der Waals surface area contributed by atoms with Crippen molar-refractivity contribution in [3.8, 4) is 0 Å². The predicted molar refractivity (Wildman–Crippen MR) is 75.0 cm³/mol. The monoisotopic (exact) mass is 296 g/mol. The third-order valence-electron chi connectivity index (χ3n) is 2.33. The summed E-state index contributed by atoms with van der Waals surface area (Å²) in [7, 11) is 2.07. The van der Waals surface area contributed by atoms with E-state index in [1.807, 2.05) is 18.2 Å². The number of thiophene rings is 1. The Morgan fingerprint density at radius 1 is 1.31 bits per heavy atom. The largest absolute Gasteiger partial charge is 0.399 e. The zero-order valence-corrected chi connectivity index (χ0v) is 11.4. The molecule has 0 atom stereocenters. The summed E-state index contributed by atoms with van der Waals surface area (Å²) in [6.07, 6.45) is 0. The van der Waals surface area contributed by atoms with E-state index < -0.39 is 0 Å². The predicted octanol–water partition coefficient (Wildman–Crippen LogP) is 3.73. The van der Waals surface area contributed by atoms with Gasteiger partial charge >= 0.3 is 0 Å². The first-order chi connectivity index (χ1) is 7.65. The highest BCUT2D eigenvalue weighted by atomic mass is 79.9. The molecule has 0 radical (unpaired) electrons. The number of nitrogens with zero attached hydrogens (tertiary/aromatic N) is 1. The molecule has 0 saturated heterocycles. The molecular formula is C12H13BrN2S. The van der Waals surface area contributed by atoms with Gasteiger partial charge in [-0.05, 0) is 46.3 Å². The second-order valence-electron chi connectivity index (χ2n) is 3.66.